The third-order valence-electron chi connectivity index (χ3n) is 5.26. The van der Waals surface area contributed by atoms with E-state index in [0.717, 1.165) is 43.7 Å². The predicted molar refractivity (Wildman–Crippen MR) is 91.1 cm³/mol. The van der Waals surface area contributed by atoms with Gasteiger partial charge in [-0.15, -0.1) is 0 Å². The van der Waals surface area contributed by atoms with Gasteiger partial charge in [0, 0.05) is 0 Å². The lowest BCUT2D eigenvalue weighted by atomic mass is 9.77. The summed E-state index contributed by atoms with van der Waals surface area (Å²) in [6, 6.07) is 2.30. The molecule has 0 aliphatic heterocycles. The van der Waals surface area contributed by atoms with E-state index in [1.165, 1.54) is 38.5 Å². The van der Waals surface area contributed by atoms with Crippen LogP contribution in [0.15, 0.2) is 12.1 Å². The second-order valence-electron chi connectivity index (χ2n) is 7.01. The summed E-state index contributed by atoms with van der Waals surface area (Å²) in [6.07, 6.45) is 11.7. The van der Waals surface area contributed by atoms with Gasteiger partial charge in [0.15, 0.2) is 0 Å². The number of unbranched alkanes of at least 4 members (excludes halogenated alkanes) is 4. The topological polar surface area (TPSA) is 43.1 Å². The van der Waals surface area contributed by atoms with Gasteiger partial charge >= 0.3 is 5.69 Å². The second-order valence-corrected chi connectivity index (χ2v) is 7.01. The molecule has 0 heterocycles. The molecule has 24 heavy (non-hydrogen) atoms. The average molecular weight is 339 g/mol. The molecule has 1 aromatic carbocycles. The molecule has 3 nitrogen and oxygen atoms in total. The quantitative estimate of drug-likeness (QED) is 0.308. The third-order valence-corrected chi connectivity index (χ3v) is 5.26. The maximum Gasteiger partial charge on any atom is 0.340 e. The first kappa shape index (κ1) is 18.8. The standard InChI is InChI=1S/C19H27F2NO2/c1-2-3-4-5-6-7-14-8-10-15(11-9-14)16-12-17(20)19(22(23)24)18(21)13-16/h12-15H,2-11H2,1H3/t14-,15-. The van der Waals surface area contributed by atoms with Gasteiger partial charge in [-0.3, -0.25) is 10.1 Å². The van der Waals surface area contributed by atoms with Crippen LogP contribution in [-0.4, -0.2) is 4.92 Å². The minimum absolute atomic E-state index is 0.117. The van der Waals surface area contributed by atoms with E-state index >= 15 is 0 Å². The number of rotatable bonds is 8. The molecular formula is C19H27F2NO2. The molecule has 0 spiro atoms. The minimum Gasteiger partial charge on any atom is -0.258 e. The van der Waals surface area contributed by atoms with Crippen LogP contribution in [0.1, 0.15) is 82.6 Å². The fourth-order valence-corrected chi connectivity index (χ4v) is 3.82. The molecule has 1 saturated carbocycles. The zero-order chi connectivity index (χ0) is 17.5. The van der Waals surface area contributed by atoms with Crippen molar-refractivity contribution in [2.24, 2.45) is 5.92 Å². The normalized spacial score (nSPS) is 21.0. The summed E-state index contributed by atoms with van der Waals surface area (Å²) in [7, 11) is 0. The van der Waals surface area contributed by atoms with Gasteiger partial charge in [0.05, 0.1) is 4.92 Å². The lowest BCUT2D eigenvalue weighted by molar-refractivity contribution is -0.390. The maximum atomic E-state index is 13.8. The van der Waals surface area contributed by atoms with Crippen LogP contribution in [0.3, 0.4) is 0 Å². The summed E-state index contributed by atoms with van der Waals surface area (Å²) in [5.74, 6) is -1.29. The molecule has 0 atom stereocenters. The SMILES string of the molecule is CCCCCCC[C@H]1CC[C@H](c2cc(F)c([N+](=O)[O-])c(F)c2)CC1. The molecule has 0 aromatic heterocycles. The highest BCUT2D eigenvalue weighted by molar-refractivity contribution is 5.38. The number of hydrogen-bond donors (Lipinski definition) is 0. The first-order valence-corrected chi connectivity index (χ1v) is 9.16. The number of nitrogens with zero attached hydrogens (tertiary/aromatic N) is 1. The van der Waals surface area contributed by atoms with Crippen molar-refractivity contribution in [2.75, 3.05) is 0 Å². The van der Waals surface area contributed by atoms with Crippen molar-refractivity contribution >= 4 is 5.69 Å². The molecule has 0 radical (unpaired) electrons. The van der Waals surface area contributed by atoms with Crippen molar-refractivity contribution in [3.63, 3.8) is 0 Å². The van der Waals surface area contributed by atoms with Crippen LogP contribution < -0.4 is 0 Å². The average Bonchev–Trinajstić information content (AvgIpc) is 2.54. The van der Waals surface area contributed by atoms with Gasteiger partial charge in [0.25, 0.3) is 0 Å². The van der Waals surface area contributed by atoms with E-state index in [-0.39, 0.29) is 5.92 Å². The molecule has 5 heteroatoms. The van der Waals surface area contributed by atoms with Crippen LogP contribution >= 0.6 is 0 Å². The Morgan fingerprint density at radius 3 is 2.17 bits per heavy atom. The lowest BCUT2D eigenvalue weighted by Gasteiger charge is -2.29. The Kier molecular flexibility index (Phi) is 7.13. The summed E-state index contributed by atoms with van der Waals surface area (Å²) in [4.78, 5) is 9.67. The van der Waals surface area contributed by atoms with Crippen LogP contribution in [0.25, 0.3) is 0 Å². The van der Waals surface area contributed by atoms with Crippen molar-refractivity contribution in [3.05, 3.63) is 39.4 Å². The Labute approximate surface area is 142 Å². The molecule has 1 aromatic rings. The van der Waals surface area contributed by atoms with Gasteiger partial charge in [0.2, 0.25) is 11.6 Å². The van der Waals surface area contributed by atoms with E-state index in [1.807, 2.05) is 0 Å². The first-order chi connectivity index (χ1) is 11.5. The Bertz CT molecular complexity index is 531. The summed E-state index contributed by atoms with van der Waals surface area (Å²) in [6.45, 7) is 2.21. The fourth-order valence-electron chi connectivity index (χ4n) is 3.82. The number of nitro groups is 1. The molecule has 134 valence electrons. The second kappa shape index (κ2) is 9.09. The molecule has 0 unspecified atom stereocenters. The molecule has 0 amide bonds. The highest BCUT2D eigenvalue weighted by Gasteiger charge is 2.27. The highest BCUT2D eigenvalue weighted by atomic mass is 19.1. The summed E-state index contributed by atoms with van der Waals surface area (Å²) in [5, 5.41) is 10.7. The number of hydrogen-bond acceptors (Lipinski definition) is 2. The maximum absolute atomic E-state index is 13.8. The Balaban J connectivity index is 1.85. The van der Waals surface area contributed by atoms with Crippen molar-refractivity contribution in [1.29, 1.82) is 0 Å². The van der Waals surface area contributed by atoms with Crippen LogP contribution in [0.5, 0.6) is 0 Å². The van der Waals surface area contributed by atoms with Gasteiger partial charge in [0.1, 0.15) is 0 Å². The molecule has 0 bridgehead atoms. The van der Waals surface area contributed by atoms with E-state index in [0.29, 0.717) is 5.56 Å². The number of benzene rings is 1. The predicted octanol–water partition coefficient (Wildman–Crippen LogP) is 6.51. The van der Waals surface area contributed by atoms with Crippen LogP contribution in [0.2, 0.25) is 0 Å². The zero-order valence-corrected chi connectivity index (χ0v) is 14.4. The summed E-state index contributed by atoms with van der Waals surface area (Å²) < 4.78 is 27.6. The highest BCUT2D eigenvalue weighted by Crippen LogP contribution is 2.39. The molecule has 2 rings (SSSR count). The van der Waals surface area contributed by atoms with E-state index < -0.39 is 22.2 Å². The molecular weight excluding hydrogens is 312 g/mol. The Morgan fingerprint density at radius 1 is 1.04 bits per heavy atom. The fraction of sp³-hybridized carbons (Fsp3) is 0.684. The van der Waals surface area contributed by atoms with E-state index in [2.05, 4.69) is 6.92 Å². The summed E-state index contributed by atoms with van der Waals surface area (Å²) in [5.41, 5.74) is -0.475. The molecule has 0 N–H and O–H groups in total. The van der Waals surface area contributed by atoms with Crippen molar-refractivity contribution in [2.45, 2.75) is 77.0 Å². The van der Waals surface area contributed by atoms with Gasteiger partial charge in [-0.2, -0.15) is 8.78 Å². The monoisotopic (exact) mass is 339 g/mol. The zero-order valence-electron chi connectivity index (χ0n) is 14.4. The van der Waals surface area contributed by atoms with Gasteiger partial charge in [-0.05, 0) is 55.2 Å². The molecule has 1 aliphatic rings. The largest absolute Gasteiger partial charge is 0.340 e. The Morgan fingerprint density at radius 2 is 1.62 bits per heavy atom. The van der Waals surface area contributed by atoms with Crippen LogP contribution in [0.4, 0.5) is 14.5 Å². The third kappa shape index (κ3) is 4.99. The smallest absolute Gasteiger partial charge is 0.258 e. The molecule has 1 aliphatic carbocycles. The van der Waals surface area contributed by atoms with Gasteiger partial charge in [-0.25, -0.2) is 0 Å². The van der Waals surface area contributed by atoms with Crippen molar-refractivity contribution in [1.82, 2.24) is 0 Å². The van der Waals surface area contributed by atoms with Gasteiger partial charge in [-0.1, -0.05) is 45.4 Å². The lowest BCUT2D eigenvalue weighted by Crippen LogP contribution is -2.14. The van der Waals surface area contributed by atoms with Crippen LogP contribution in [0, 0.1) is 27.7 Å². The van der Waals surface area contributed by atoms with E-state index in [4.69, 9.17) is 0 Å². The number of nitro benzene ring substituents is 1. The number of halogens is 2. The van der Waals surface area contributed by atoms with Crippen molar-refractivity contribution in [3.8, 4) is 0 Å². The van der Waals surface area contributed by atoms with Gasteiger partial charge < -0.3 is 0 Å². The molecule has 0 saturated heterocycles. The minimum atomic E-state index is -1.06. The summed E-state index contributed by atoms with van der Waals surface area (Å²) >= 11 is 0. The van der Waals surface area contributed by atoms with E-state index in [9.17, 15) is 18.9 Å². The first-order valence-electron chi connectivity index (χ1n) is 9.16. The van der Waals surface area contributed by atoms with Crippen molar-refractivity contribution < 1.29 is 13.7 Å². The van der Waals surface area contributed by atoms with Crippen LogP contribution in [-0.2, 0) is 0 Å². The van der Waals surface area contributed by atoms with E-state index in [1.54, 1.807) is 0 Å². The molecule has 1 fully saturated rings. The Hall–Kier alpha value is -1.52.